The van der Waals surface area contributed by atoms with E-state index in [9.17, 15) is 10.2 Å². The highest BCUT2D eigenvalue weighted by molar-refractivity contribution is 6.30. The second-order valence-electron chi connectivity index (χ2n) is 6.73. The predicted molar refractivity (Wildman–Crippen MR) is 102 cm³/mol. The Bertz CT molecular complexity index is 784. The Morgan fingerprint density at radius 3 is 2.00 bits per heavy atom. The van der Waals surface area contributed by atoms with Crippen LogP contribution < -0.4 is 0 Å². The summed E-state index contributed by atoms with van der Waals surface area (Å²) in [5, 5.41) is 21.1. The van der Waals surface area contributed by atoms with Crippen LogP contribution >= 0.6 is 23.2 Å². The van der Waals surface area contributed by atoms with E-state index in [1.165, 1.54) is 0 Å². The van der Waals surface area contributed by atoms with E-state index >= 15 is 0 Å². The van der Waals surface area contributed by atoms with Crippen LogP contribution in [0.15, 0.2) is 48.5 Å². The molecule has 6 nitrogen and oxygen atoms in total. The fourth-order valence-electron chi connectivity index (χ4n) is 3.35. The van der Waals surface area contributed by atoms with Crippen molar-refractivity contribution in [2.45, 2.75) is 37.0 Å². The number of fused-ring (bicyclic) bond motifs is 1. The molecule has 0 saturated carbocycles. The fraction of sp³-hybridized carbons (Fsp3) is 0.400. The lowest BCUT2D eigenvalue weighted by Gasteiger charge is -2.28. The second kappa shape index (κ2) is 8.65. The van der Waals surface area contributed by atoms with Gasteiger partial charge in [0, 0.05) is 21.2 Å². The molecule has 0 bridgehead atoms. The minimum atomic E-state index is -1.16. The second-order valence-corrected chi connectivity index (χ2v) is 7.60. The maximum Gasteiger partial charge on any atom is 0.184 e. The van der Waals surface area contributed by atoms with Gasteiger partial charge in [-0.1, -0.05) is 47.5 Å². The molecule has 0 aromatic heterocycles. The van der Waals surface area contributed by atoms with Gasteiger partial charge >= 0.3 is 0 Å². The number of rotatable bonds is 4. The van der Waals surface area contributed by atoms with Crippen LogP contribution in [-0.2, 0) is 18.9 Å². The van der Waals surface area contributed by atoms with Gasteiger partial charge in [0.1, 0.15) is 24.4 Å². The Morgan fingerprint density at radius 1 is 0.857 bits per heavy atom. The molecular formula is C20H20Cl2O6. The van der Waals surface area contributed by atoms with Gasteiger partial charge in [-0.2, -0.15) is 0 Å². The van der Waals surface area contributed by atoms with E-state index in [0.29, 0.717) is 10.0 Å². The first-order chi connectivity index (χ1) is 13.5. The molecule has 150 valence electrons. The van der Waals surface area contributed by atoms with E-state index in [-0.39, 0.29) is 6.61 Å². The third kappa shape index (κ3) is 4.20. The highest BCUT2D eigenvalue weighted by Gasteiger charge is 2.48. The first-order valence-corrected chi connectivity index (χ1v) is 9.68. The lowest BCUT2D eigenvalue weighted by molar-refractivity contribution is -0.216. The smallest absolute Gasteiger partial charge is 0.184 e. The minimum absolute atomic E-state index is 0.205. The average Bonchev–Trinajstić information content (AvgIpc) is 3.05. The number of ether oxygens (including phenoxy) is 4. The number of hydrogen-bond donors (Lipinski definition) is 2. The summed E-state index contributed by atoms with van der Waals surface area (Å²) < 4.78 is 24.0. The van der Waals surface area contributed by atoms with Gasteiger partial charge in [-0.15, -0.1) is 0 Å². The van der Waals surface area contributed by atoms with Crippen LogP contribution in [0.5, 0.6) is 0 Å². The molecular weight excluding hydrogens is 407 g/mol. The van der Waals surface area contributed by atoms with E-state index in [1.54, 1.807) is 36.4 Å². The van der Waals surface area contributed by atoms with Crippen molar-refractivity contribution in [3.63, 3.8) is 0 Å². The van der Waals surface area contributed by atoms with Gasteiger partial charge in [-0.25, -0.2) is 0 Å². The summed E-state index contributed by atoms with van der Waals surface area (Å²) in [4.78, 5) is 0. The molecule has 2 saturated heterocycles. The van der Waals surface area contributed by atoms with Crippen LogP contribution in [0.25, 0.3) is 0 Å². The standard InChI is InChI=1S/C20H20Cl2O6/c21-13-5-1-11(2-6-13)19-25-10-16-18(17(27-19)15(24)9-23)28-20(26-16)12-3-7-14(22)8-4-12/h1-8,15-20,23-24H,9-10H2/t15-,16+,17+,18+,19?,20?/m1/s1. The van der Waals surface area contributed by atoms with Crippen molar-refractivity contribution in [1.29, 1.82) is 0 Å². The van der Waals surface area contributed by atoms with Gasteiger partial charge in [0.25, 0.3) is 0 Å². The van der Waals surface area contributed by atoms with Crippen molar-refractivity contribution >= 4 is 23.2 Å². The monoisotopic (exact) mass is 426 g/mol. The number of aliphatic hydroxyl groups excluding tert-OH is 2. The Hall–Kier alpha value is -1.22. The molecule has 0 amide bonds. The molecule has 2 aliphatic rings. The summed E-state index contributed by atoms with van der Waals surface area (Å²) in [6.07, 6.45) is -4.45. The molecule has 8 heteroatoms. The van der Waals surface area contributed by atoms with Gasteiger partial charge < -0.3 is 29.2 Å². The summed E-state index contributed by atoms with van der Waals surface area (Å²) in [6.45, 7) is -0.271. The van der Waals surface area contributed by atoms with Crippen molar-refractivity contribution in [3.05, 3.63) is 69.7 Å². The quantitative estimate of drug-likeness (QED) is 0.781. The minimum Gasteiger partial charge on any atom is -0.394 e. The molecule has 4 rings (SSSR count). The molecule has 2 unspecified atom stereocenters. The molecule has 2 N–H and O–H groups in total. The largest absolute Gasteiger partial charge is 0.394 e. The summed E-state index contributed by atoms with van der Waals surface area (Å²) in [5.74, 6) is 0. The van der Waals surface area contributed by atoms with Crippen molar-refractivity contribution in [2.75, 3.05) is 13.2 Å². The molecule has 2 heterocycles. The number of halogens is 2. The Balaban J connectivity index is 1.55. The summed E-state index contributed by atoms with van der Waals surface area (Å²) >= 11 is 11.9. The third-order valence-electron chi connectivity index (χ3n) is 4.81. The van der Waals surface area contributed by atoms with E-state index in [0.717, 1.165) is 11.1 Å². The molecule has 2 aliphatic heterocycles. The van der Waals surface area contributed by atoms with Crippen LogP contribution in [0.1, 0.15) is 23.7 Å². The maximum absolute atomic E-state index is 10.4. The molecule has 2 fully saturated rings. The molecule has 0 spiro atoms. The first-order valence-electron chi connectivity index (χ1n) is 8.93. The Morgan fingerprint density at radius 2 is 1.43 bits per heavy atom. The highest BCUT2D eigenvalue weighted by Crippen LogP contribution is 2.39. The van der Waals surface area contributed by atoms with Crippen LogP contribution in [0.3, 0.4) is 0 Å². The Labute approximate surface area is 172 Å². The van der Waals surface area contributed by atoms with Crippen LogP contribution in [0.4, 0.5) is 0 Å². The zero-order valence-electron chi connectivity index (χ0n) is 14.8. The lowest BCUT2D eigenvalue weighted by Crippen LogP contribution is -2.45. The van der Waals surface area contributed by atoms with Crippen LogP contribution in [0.2, 0.25) is 10.0 Å². The normalized spacial score (nSPS) is 31.2. The average molecular weight is 427 g/mol. The van der Waals surface area contributed by atoms with Gasteiger partial charge in [0.2, 0.25) is 0 Å². The molecule has 0 radical (unpaired) electrons. The fourth-order valence-corrected chi connectivity index (χ4v) is 3.60. The van der Waals surface area contributed by atoms with Gasteiger partial charge in [0.15, 0.2) is 12.6 Å². The van der Waals surface area contributed by atoms with Gasteiger partial charge in [-0.3, -0.25) is 0 Å². The molecule has 2 aromatic rings. The lowest BCUT2D eigenvalue weighted by atomic mass is 10.0. The topological polar surface area (TPSA) is 77.4 Å². The highest BCUT2D eigenvalue weighted by atomic mass is 35.5. The van der Waals surface area contributed by atoms with E-state index in [1.807, 2.05) is 12.1 Å². The number of benzene rings is 2. The van der Waals surface area contributed by atoms with Crippen LogP contribution in [0, 0.1) is 0 Å². The van der Waals surface area contributed by atoms with E-state index in [4.69, 9.17) is 42.1 Å². The zero-order chi connectivity index (χ0) is 19.7. The van der Waals surface area contributed by atoms with E-state index < -0.39 is 43.6 Å². The van der Waals surface area contributed by atoms with Crippen molar-refractivity contribution in [2.24, 2.45) is 0 Å². The zero-order valence-corrected chi connectivity index (χ0v) is 16.3. The van der Waals surface area contributed by atoms with Crippen molar-refractivity contribution in [1.82, 2.24) is 0 Å². The maximum atomic E-state index is 10.4. The third-order valence-corrected chi connectivity index (χ3v) is 5.32. The van der Waals surface area contributed by atoms with Crippen LogP contribution in [-0.4, -0.2) is 47.8 Å². The summed E-state index contributed by atoms with van der Waals surface area (Å²) in [7, 11) is 0. The number of aliphatic hydroxyl groups is 2. The van der Waals surface area contributed by atoms with Gasteiger partial charge in [0.05, 0.1) is 13.2 Å². The molecule has 0 aliphatic carbocycles. The van der Waals surface area contributed by atoms with Crippen molar-refractivity contribution in [3.8, 4) is 0 Å². The summed E-state index contributed by atoms with van der Waals surface area (Å²) in [6, 6.07) is 14.2. The summed E-state index contributed by atoms with van der Waals surface area (Å²) in [5.41, 5.74) is 1.54. The molecule has 28 heavy (non-hydrogen) atoms. The Kier molecular flexibility index (Phi) is 6.20. The predicted octanol–water partition coefficient (Wildman–Crippen LogP) is 3.24. The number of hydrogen-bond acceptors (Lipinski definition) is 6. The van der Waals surface area contributed by atoms with E-state index in [2.05, 4.69) is 0 Å². The molecule has 6 atom stereocenters. The first kappa shape index (κ1) is 20.1. The van der Waals surface area contributed by atoms with Crippen molar-refractivity contribution < 1.29 is 29.2 Å². The molecule has 2 aromatic carbocycles. The van der Waals surface area contributed by atoms with Gasteiger partial charge in [-0.05, 0) is 24.3 Å². The SMILES string of the molecule is OC[C@@H](O)[C@@H]1OC(c2ccc(Cl)cc2)OC[C@@H]2OC(c3ccc(Cl)cc3)O[C@H]12.